The molecule has 6 nitrogen and oxygen atoms in total. The van der Waals surface area contributed by atoms with Gasteiger partial charge in [0.1, 0.15) is 5.75 Å². The summed E-state index contributed by atoms with van der Waals surface area (Å²) in [6.07, 6.45) is 0. The molecule has 6 heteroatoms. The number of esters is 1. The number of carbonyl (C=O) groups excluding carboxylic acids is 1. The van der Waals surface area contributed by atoms with Crippen molar-refractivity contribution >= 4 is 22.6 Å². The average molecular weight is 290 g/mol. The third-order valence-corrected chi connectivity index (χ3v) is 3.34. The van der Waals surface area contributed by atoms with Crippen molar-refractivity contribution in [1.82, 2.24) is 4.57 Å². The Morgan fingerprint density at radius 2 is 2.05 bits per heavy atom. The van der Waals surface area contributed by atoms with Crippen LogP contribution >= 0.6 is 0 Å². The van der Waals surface area contributed by atoms with Gasteiger partial charge in [-0.25, -0.2) is 4.79 Å². The number of pyridine rings is 1. The van der Waals surface area contributed by atoms with Gasteiger partial charge in [0.15, 0.2) is 5.56 Å². The Morgan fingerprint density at radius 1 is 1.38 bits per heavy atom. The molecule has 0 aliphatic carbocycles. The van der Waals surface area contributed by atoms with Crippen molar-refractivity contribution in [3.8, 4) is 5.75 Å². The maximum atomic E-state index is 12.3. The van der Waals surface area contributed by atoms with Crippen LogP contribution in [0.25, 0.3) is 10.9 Å². The zero-order valence-corrected chi connectivity index (χ0v) is 12.5. The fraction of sp³-hybridized carbons (Fsp3) is 0.333. The van der Waals surface area contributed by atoms with Crippen molar-refractivity contribution in [3.63, 3.8) is 0 Å². The molecule has 0 unspecified atom stereocenters. The third-order valence-electron chi connectivity index (χ3n) is 3.34. The molecule has 0 radical (unpaired) electrons. The largest absolute Gasteiger partial charge is 0.506 e. The molecule has 21 heavy (non-hydrogen) atoms. The molecule has 0 bridgehead atoms. The fourth-order valence-electron chi connectivity index (χ4n) is 2.31. The number of anilines is 1. The Hall–Kier alpha value is -2.50. The Bertz CT molecular complexity index is 762. The van der Waals surface area contributed by atoms with Gasteiger partial charge in [-0.15, -0.1) is 0 Å². The van der Waals surface area contributed by atoms with Crippen LogP contribution in [-0.2, 0) is 11.8 Å². The van der Waals surface area contributed by atoms with Crippen LogP contribution in [-0.4, -0.2) is 36.3 Å². The summed E-state index contributed by atoms with van der Waals surface area (Å²) in [5.74, 6) is -1.15. The second-order valence-corrected chi connectivity index (χ2v) is 4.87. The first-order chi connectivity index (χ1) is 9.90. The van der Waals surface area contributed by atoms with Crippen molar-refractivity contribution in [1.29, 1.82) is 0 Å². The van der Waals surface area contributed by atoms with E-state index in [2.05, 4.69) is 0 Å². The van der Waals surface area contributed by atoms with Gasteiger partial charge in [0.05, 0.1) is 17.5 Å². The van der Waals surface area contributed by atoms with E-state index < -0.39 is 11.5 Å². The summed E-state index contributed by atoms with van der Waals surface area (Å²) >= 11 is 0. The number of fused-ring (bicyclic) bond motifs is 1. The normalized spacial score (nSPS) is 10.7. The molecule has 0 aliphatic heterocycles. The number of hydrogen-bond acceptors (Lipinski definition) is 5. The Labute approximate surface area is 122 Å². The van der Waals surface area contributed by atoms with Gasteiger partial charge in [0.25, 0.3) is 5.56 Å². The number of carbonyl (C=O) groups is 1. The number of aromatic hydroxyl groups is 1. The second kappa shape index (κ2) is 5.47. The summed E-state index contributed by atoms with van der Waals surface area (Å²) in [6, 6.07) is 5.32. The standard InChI is InChI=1S/C15H18N2O4/c1-5-21-15(20)12-13(18)11-9(16(2)3)7-6-8-10(11)17(4)14(12)19/h6-8,18H,5H2,1-4H3. The number of ether oxygens (including phenoxy) is 1. The lowest BCUT2D eigenvalue weighted by Crippen LogP contribution is -2.26. The molecule has 2 rings (SSSR count). The summed E-state index contributed by atoms with van der Waals surface area (Å²) in [5.41, 5.74) is 0.360. The molecule has 1 N–H and O–H groups in total. The Morgan fingerprint density at radius 3 is 2.62 bits per heavy atom. The molecule has 0 atom stereocenters. The monoisotopic (exact) mass is 290 g/mol. The van der Waals surface area contributed by atoms with Crippen LogP contribution in [0.5, 0.6) is 5.75 Å². The number of aromatic nitrogens is 1. The molecule has 112 valence electrons. The average Bonchev–Trinajstić information content (AvgIpc) is 2.44. The van der Waals surface area contributed by atoms with Crippen LogP contribution in [0.3, 0.4) is 0 Å². The van der Waals surface area contributed by atoms with Gasteiger partial charge in [-0.05, 0) is 19.1 Å². The van der Waals surface area contributed by atoms with Crippen LogP contribution in [0.4, 0.5) is 5.69 Å². The first-order valence-corrected chi connectivity index (χ1v) is 6.59. The lowest BCUT2D eigenvalue weighted by molar-refractivity contribution is 0.0520. The van der Waals surface area contributed by atoms with Gasteiger partial charge >= 0.3 is 5.97 Å². The van der Waals surface area contributed by atoms with Crippen LogP contribution in [0.1, 0.15) is 17.3 Å². The fourth-order valence-corrected chi connectivity index (χ4v) is 2.31. The lowest BCUT2D eigenvalue weighted by Gasteiger charge is -2.18. The number of hydrogen-bond donors (Lipinski definition) is 1. The van der Waals surface area contributed by atoms with E-state index in [-0.39, 0.29) is 17.9 Å². The molecule has 0 spiro atoms. The van der Waals surface area contributed by atoms with Gasteiger partial charge in [-0.1, -0.05) is 6.07 Å². The minimum Gasteiger partial charge on any atom is -0.506 e. The zero-order chi connectivity index (χ0) is 15.7. The van der Waals surface area contributed by atoms with Crippen LogP contribution in [0, 0.1) is 0 Å². The maximum absolute atomic E-state index is 12.3. The Balaban J connectivity index is 2.93. The highest BCUT2D eigenvalue weighted by molar-refractivity contribution is 6.04. The van der Waals surface area contributed by atoms with E-state index >= 15 is 0 Å². The lowest BCUT2D eigenvalue weighted by atomic mass is 10.1. The van der Waals surface area contributed by atoms with Crippen LogP contribution in [0.2, 0.25) is 0 Å². The highest BCUT2D eigenvalue weighted by atomic mass is 16.5. The topological polar surface area (TPSA) is 71.8 Å². The van der Waals surface area contributed by atoms with Gasteiger partial charge in [-0.2, -0.15) is 0 Å². The molecule has 0 aliphatic rings. The molecular weight excluding hydrogens is 272 g/mol. The van der Waals surface area contributed by atoms with E-state index in [0.717, 1.165) is 0 Å². The highest BCUT2D eigenvalue weighted by Gasteiger charge is 2.24. The zero-order valence-electron chi connectivity index (χ0n) is 12.5. The Kier molecular flexibility index (Phi) is 3.88. The quantitative estimate of drug-likeness (QED) is 0.867. The van der Waals surface area contributed by atoms with E-state index in [1.54, 1.807) is 26.1 Å². The third kappa shape index (κ3) is 2.33. The van der Waals surface area contributed by atoms with Crippen molar-refractivity contribution < 1.29 is 14.6 Å². The van der Waals surface area contributed by atoms with E-state index in [4.69, 9.17) is 4.74 Å². The SMILES string of the molecule is CCOC(=O)c1c(O)c2c(N(C)C)cccc2n(C)c1=O. The van der Waals surface area contributed by atoms with E-state index in [1.807, 2.05) is 25.1 Å². The summed E-state index contributed by atoms with van der Waals surface area (Å²) in [7, 11) is 5.21. The number of rotatable bonds is 3. The number of aryl methyl sites for hydroxylation is 1. The summed E-state index contributed by atoms with van der Waals surface area (Å²) in [4.78, 5) is 26.1. The van der Waals surface area contributed by atoms with Crippen molar-refractivity contribution in [2.45, 2.75) is 6.92 Å². The van der Waals surface area contributed by atoms with Crippen molar-refractivity contribution in [2.75, 3.05) is 25.6 Å². The molecule has 1 aromatic heterocycles. The van der Waals surface area contributed by atoms with Gasteiger partial charge in [-0.3, -0.25) is 4.79 Å². The van der Waals surface area contributed by atoms with Gasteiger partial charge in [0, 0.05) is 26.8 Å². The smallest absolute Gasteiger partial charge is 0.347 e. The van der Waals surface area contributed by atoms with Crippen LogP contribution < -0.4 is 10.5 Å². The first-order valence-electron chi connectivity index (χ1n) is 6.59. The predicted molar refractivity (Wildman–Crippen MR) is 81.1 cm³/mol. The van der Waals surface area contributed by atoms with Crippen molar-refractivity contribution in [2.24, 2.45) is 7.05 Å². The highest BCUT2D eigenvalue weighted by Crippen LogP contribution is 2.34. The molecular formula is C15H18N2O4. The molecule has 0 fully saturated rings. The minimum atomic E-state index is -0.814. The summed E-state index contributed by atoms with van der Waals surface area (Å²) < 4.78 is 6.21. The van der Waals surface area contributed by atoms with Gasteiger partial charge in [0.2, 0.25) is 0 Å². The molecule has 1 aromatic carbocycles. The summed E-state index contributed by atoms with van der Waals surface area (Å²) in [6.45, 7) is 1.78. The molecule has 1 heterocycles. The summed E-state index contributed by atoms with van der Waals surface area (Å²) in [5, 5.41) is 10.9. The van der Waals surface area contributed by atoms with E-state index in [1.165, 1.54) is 4.57 Å². The molecule has 0 amide bonds. The molecule has 0 saturated carbocycles. The number of benzene rings is 1. The van der Waals surface area contributed by atoms with E-state index in [0.29, 0.717) is 16.6 Å². The maximum Gasteiger partial charge on any atom is 0.347 e. The molecule has 2 aromatic rings. The van der Waals surface area contributed by atoms with Crippen LogP contribution in [0.15, 0.2) is 23.0 Å². The molecule has 0 saturated heterocycles. The predicted octanol–water partition coefficient (Wildman–Crippen LogP) is 1.49. The first kappa shape index (κ1) is 14.9. The van der Waals surface area contributed by atoms with Crippen molar-refractivity contribution in [3.05, 3.63) is 34.1 Å². The minimum absolute atomic E-state index is 0.134. The van der Waals surface area contributed by atoms with E-state index in [9.17, 15) is 14.7 Å². The van der Waals surface area contributed by atoms with Gasteiger partial charge < -0.3 is 19.3 Å². The number of nitrogens with zero attached hydrogens (tertiary/aromatic N) is 2. The second-order valence-electron chi connectivity index (χ2n) is 4.87.